The molecule has 2 aromatic heterocycles. The van der Waals surface area contributed by atoms with Gasteiger partial charge in [-0.3, -0.25) is 4.68 Å². The van der Waals surface area contributed by atoms with Gasteiger partial charge in [-0.1, -0.05) is 30.3 Å². The Balaban J connectivity index is 1.75. The van der Waals surface area contributed by atoms with Crippen LogP contribution in [0.4, 0.5) is 5.69 Å². The van der Waals surface area contributed by atoms with Crippen molar-refractivity contribution in [3.8, 4) is 28.5 Å². The minimum absolute atomic E-state index is 0.606. The van der Waals surface area contributed by atoms with Crippen molar-refractivity contribution in [1.29, 1.82) is 5.26 Å². The number of anilines is 1. The summed E-state index contributed by atoms with van der Waals surface area (Å²) in [6, 6.07) is 16.2. The van der Waals surface area contributed by atoms with Crippen LogP contribution < -0.4 is 5.32 Å². The van der Waals surface area contributed by atoms with Crippen molar-refractivity contribution < 1.29 is 0 Å². The molecule has 0 aliphatic heterocycles. The van der Waals surface area contributed by atoms with Crippen molar-refractivity contribution in [1.82, 2.24) is 24.8 Å². The number of hydrogen-bond acceptors (Lipinski definition) is 5. The average Bonchev–Trinajstić information content (AvgIpc) is 3.38. The first kappa shape index (κ1) is 20.4. The summed E-state index contributed by atoms with van der Waals surface area (Å²) in [5.41, 5.74) is 7.91. The number of rotatable bonds is 7. The first-order valence-electron chi connectivity index (χ1n) is 10.4. The summed E-state index contributed by atoms with van der Waals surface area (Å²) in [6.45, 7) is 5.56. The van der Waals surface area contributed by atoms with E-state index in [1.165, 1.54) is 0 Å². The molecular formula is C24H25N7. The van der Waals surface area contributed by atoms with Gasteiger partial charge in [0.2, 0.25) is 0 Å². The topological polar surface area (TPSA) is 84.3 Å². The molecule has 1 N–H and O–H groups in total. The lowest BCUT2D eigenvalue weighted by Crippen LogP contribution is -2.06. The van der Waals surface area contributed by atoms with Crippen molar-refractivity contribution in [2.24, 2.45) is 7.05 Å². The third-order valence-electron chi connectivity index (χ3n) is 5.21. The monoisotopic (exact) mass is 411 g/mol. The predicted octanol–water partition coefficient (Wildman–Crippen LogP) is 4.55. The number of hydrogen-bond donors (Lipinski definition) is 1. The lowest BCUT2D eigenvalue weighted by molar-refractivity contribution is 0.584. The van der Waals surface area contributed by atoms with Gasteiger partial charge < -0.3 is 5.32 Å². The summed E-state index contributed by atoms with van der Waals surface area (Å²) in [4.78, 5) is 0. The van der Waals surface area contributed by atoms with Crippen LogP contribution in [0.1, 0.15) is 30.2 Å². The second-order valence-electron chi connectivity index (χ2n) is 7.57. The van der Waals surface area contributed by atoms with Crippen molar-refractivity contribution in [3.63, 3.8) is 0 Å². The Kier molecular flexibility index (Phi) is 5.80. The Morgan fingerprint density at radius 1 is 1.13 bits per heavy atom. The second-order valence-corrected chi connectivity index (χ2v) is 7.57. The van der Waals surface area contributed by atoms with Crippen molar-refractivity contribution in [3.05, 3.63) is 71.7 Å². The summed E-state index contributed by atoms with van der Waals surface area (Å²) in [7, 11) is 1.92. The molecule has 0 atom stereocenters. The summed E-state index contributed by atoms with van der Waals surface area (Å²) < 4.78 is 3.78. The summed E-state index contributed by atoms with van der Waals surface area (Å²) >= 11 is 0. The average molecular weight is 412 g/mol. The van der Waals surface area contributed by atoms with Gasteiger partial charge in [-0.05, 0) is 48.7 Å². The van der Waals surface area contributed by atoms with E-state index in [-0.39, 0.29) is 0 Å². The van der Waals surface area contributed by atoms with Gasteiger partial charge in [0, 0.05) is 43.1 Å². The summed E-state index contributed by atoms with van der Waals surface area (Å²) in [5.74, 6) is 0. The predicted molar refractivity (Wildman–Crippen MR) is 121 cm³/mol. The van der Waals surface area contributed by atoms with Gasteiger partial charge in [0.05, 0.1) is 29.2 Å². The lowest BCUT2D eigenvalue weighted by atomic mass is 9.97. The highest BCUT2D eigenvalue weighted by molar-refractivity contribution is 5.73. The van der Waals surface area contributed by atoms with Gasteiger partial charge in [-0.25, -0.2) is 4.68 Å². The zero-order chi connectivity index (χ0) is 21.8. The number of nitrogens with zero attached hydrogens (tertiary/aromatic N) is 6. The summed E-state index contributed by atoms with van der Waals surface area (Å²) in [5, 5.41) is 25.6. The minimum atomic E-state index is 0.606. The van der Waals surface area contributed by atoms with Crippen LogP contribution in [0, 0.1) is 18.3 Å². The smallest absolute Gasteiger partial charge is 0.0992 e. The molecule has 0 amide bonds. The molecule has 0 unspecified atom stereocenters. The van der Waals surface area contributed by atoms with E-state index >= 15 is 0 Å². The summed E-state index contributed by atoms with van der Waals surface area (Å²) in [6.07, 6.45) is 4.87. The Bertz CT molecular complexity index is 1240. The van der Waals surface area contributed by atoms with E-state index in [1.54, 1.807) is 10.7 Å². The largest absolute Gasteiger partial charge is 0.381 e. The van der Waals surface area contributed by atoms with E-state index in [1.807, 2.05) is 49.2 Å². The number of aryl methyl sites for hydroxylation is 3. The molecule has 7 nitrogen and oxygen atoms in total. The maximum Gasteiger partial charge on any atom is 0.0992 e. The molecule has 2 heterocycles. The van der Waals surface area contributed by atoms with Crippen LogP contribution in [-0.4, -0.2) is 24.8 Å². The number of nitrogens with one attached hydrogen (secondary N) is 1. The number of aromatic nitrogens is 5. The maximum absolute atomic E-state index is 9.19. The fourth-order valence-corrected chi connectivity index (χ4v) is 3.72. The van der Waals surface area contributed by atoms with E-state index < -0.39 is 0 Å². The van der Waals surface area contributed by atoms with Gasteiger partial charge in [-0.2, -0.15) is 10.4 Å². The van der Waals surface area contributed by atoms with E-state index in [2.05, 4.69) is 51.9 Å². The molecule has 0 saturated heterocycles. The molecule has 0 saturated carbocycles. The zero-order valence-corrected chi connectivity index (χ0v) is 18.0. The zero-order valence-electron chi connectivity index (χ0n) is 18.0. The first-order valence-corrected chi connectivity index (χ1v) is 10.4. The molecule has 2 aromatic carbocycles. The van der Waals surface area contributed by atoms with Crippen LogP contribution in [0.25, 0.3) is 22.4 Å². The van der Waals surface area contributed by atoms with E-state index in [9.17, 15) is 5.26 Å². The molecule has 0 fully saturated rings. The third kappa shape index (κ3) is 4.33. The Hall–Kier alpha value is -3.92. The first-order chi connectivity index (χ1) is 15.1. The fraction of sp³-hybridized carbons (Fsp3) is 0.250. The molecule has 7 heteroatoms. The highest BCUT2D eigenvalue weighted by Crippen LogP contribution is 2.31. The SMILES string of the molecule is CCCn1nnc(C)c1-c1ccc(-c2cnn(C)c2)cc1CNc1cccc(C#N)c1. The van der Waals surface area contributed by atoms with Crippen LogP contribution in [0.3, 0.4) is 0 Å². The fourth-order valence-electron chi connectivity index (χ4n) is 3.72. The molecular weight excluding hydrogens is 386 g/mol. The van der Waals surface area contributed by atoms with Crippen LogP contribution in [0.5, 0.6) is 0 Å². The van der Waals surface area contributed by atoms with Crippen molar-refractivity contribution in [2.75, 3.05) is 5.32 Å². The molecule has 31 heavy (non-hydrogen) atoms. The minimum Gasteiger partial charge on any atom is -0.381 e. The van der Waals surface area contributed by atoms with Crippen molar-refractivity contribution >= 4 is 5.69 Å². The van der Waals surface area contributed by atoms with Crippen molar-refractivity contribution in [2.45, 2.75) is 33.4 Å². The third-order valence-corrected chi connectivity index (χ3v) is 5.21. The van der Waals surface area contributed by atoms with E-state index in [0.717, 1.165) is 52.3 Å². The number of nitriles is 1. The molecule has 4 rings (SSSR count). The molecule has 0 aliphatic rings. The molecule has 0 aliphatic carbocycles. The van der Waals surface area contributed by atoms with E-state index in [4.69, 9.17) is 0 Å². The van der Waals surface area contributed by atoms with Gasteiger partial charge in [0.1, 0.15) is 0 Å². The van der Waals surface area contributed by atoms with Gasteiger partial charge in [-0.15, -0.1) is 5.10 Å². The molecule has 4 aromatic rings. The normalized spacial score (nSPS) is 10.8. The van der Waals surface area contributed by atoms with Crippen LogP contribution in [0.2, 0.25) is 0 Å². The standard InChI is InChI=1S/C24H25N7/c1-4-10-31-24(17(2)28-29-31)23-9-8-19(21-15-27-30(3)16-21)12-20(23)14-26-22-7-5-6-18(11-22)13-25/h5-9,11-12,15-16,26H,4,10,14H2,1-3H3. The van der Waals surface area contributed by atoms with Crippen LogP contribution >= 0.6 is 0 Å². The maximum atomic E-state index is 9.19. The molecule has 156 valence electrons. The van der Waals surface area contributed by atoms with Crippen LogP contribution in [-0.2, 0) is 20.1 Å². The molecule has 0 radical (unpaired) electrons. The molecule has 0 bridgehead atoms. The highest BCUT2D eigenvalue weighted by atomic mass is 15.4. The number of benzene rings is 2. The quantitative estimate of drug-likeness (QED) is 0.482. The molecule has 0 spiro atoms. The van der Waals surface area contributed by atoms with Crippen LogP contribution in [0.15, 0.2) is 54.9 Å². The highest BCUT2D eigenvalue weighted by Gasteiger charge is 2.16. The van der Waals surface area contributed by atoms with Gasteiger partial charge >= 0.3 is 0 Å². The van der Waals surface area contributed by atoms with Gasteiger partial charge in [0.25, 0.3) is 0 Å². The lowest BCUT2D eigenvalue weighted by Gasteiger charge is -2.15. The Morgan fingerprint density at radius 2 is 2.00 bits per heavy atom. The van der Waals surface area contributed by atoms with Gasteiger partial charge in [0.15, 0.2) is 0 Å². The Morgan fingerprint density at radius 3 is 2.74 bits per heavy atom. The Labute approximate surface area is 182 Å². The van der Waals surface area contributed by atoms with E-state index in [0.29, 0.717) is 12.1 Å². The second kappa shape index (κ2) is 8.84.